The molecule has 0 spiro atoms. The monoisotopic (exact) mass is 449 g/mol. The lowest BCUT2D eigenvalue weighted by molar-refractivity contribution is 0.00991. The molecule has 1 fully saturated rings. The van der Waals surface area contributed by atoms with E-state index in [0.717, 1.165) is 63.6 Å². The van der Waals surface area contributed by atoms with Crippen LogP contribution in [0.1, 0.15) is 32.1 Å². The third-order valence-corrected chi connectivity index (χ3v) is 5.33. The van der Waals surface area contributed by atoms with E-state index >= 15 is 0 Å². The quantitative estimate of drug-likeness (QED) is 0.338. The van der Waals surface area contributed by atoms with Crippen LogP contribution in [0.25, 0.3) is 11.4 Å². The molecule has 9 heteroatoms. The SMILES string of the molecule is CCNC(=NCCc1nc(-c2ccc(Cl)cc2)no1)N1CCC(OCCCOC)CC1. The lowest BCUT2D eigenvalue weighted by Crippen LogP contribution is -2.47. The highest BCUT2D eigenvalue weighted by molar-refractivity contribution is 6.30. The number of aliphatic imine (C=N–C) groups is 1. The van der Waals surface area contributed by atoms with E-state index in [-0.39, 0.29) is 0 Å². The van der Waals surface area contributed by atoms with Gasteiger partial charge in [-0.05, 0) is 50.5 Å². The van der Waals surface area contributed by atoms with Crippen molar-refractivity contribution in [2.24, 2.45) is 4.99 Å². The summed E-state index contributed by atoms with van der Waals surface area (Å²) in [5.41, 5.74) is 0.878. The average molecular weight is 450 g/mol. The third-order valence-electron chi connectivity index (χ3n) is 5.08. The van der Waals surface area contributed by atoms with Crippen LogP contribution < -0.4 is 5.32 Å². The molecule has 0 aliphatic carbocycles. The summed E-state index contributed by atoms with van der Waals surface area (Å²) < 4.78 is 16.4. The van der Waals surface area contributed by atoms with Gasteiger partial charge < -0.3 is 24.2 Å². The molecule has 0 unspecified atom stereocenters. The van der Waals surface area contributed by atoms with E-state index in [4.69, 9.17) is 30.6 Å². The maximum absolute atomic E-state index is 5.96. The fourth-order valence-corrected chi connectivity index (χ4v) is 3.57. The van der Waals surface area contributed by atoms with E-state index in [1.807, 2.05) is 24.3 Å². The van der Waals surface area contributed by atoms with Gasteiger partial charge in [-0.3, -0.25) is 4.99 Å². The van der Waals surface area contributed by atoms with Crippen molar-refractivity contribution in [1.29, 1.82) is 0 Å². The molecule has 1 aliphatic heterocycles. The molecule has 0 atom stereocenters. The van der Waals surface area contributed by atoms with Gasteiger partial charge in [0.25, 0.3) is 0 Å². The zero-order valence-electron chi connectivity index (χ0n) is 18.3. The minimum atomic E-state index is 0.320. The van der Waals surface area contributed by atoms with Crippen molar-refractivity contribution in [3.8, 4) is 11.4 Å². The number of hydrogen-bond donors (Lipinski definition) is 1. The number of halogens is 1. The van der Waals surface area contributed by atoms with Crippen LogP contribution in [0.5, 0.6) is 0 Å². The molecule has 8 nitrogen and oxygen atoms in total. The topological polar surface area (TPSA) is 85.0 Å². The number of ether oxygens (including phenoxy) is 2. The second-order valence-corrected chi connectivity index (χ2v) is 7.84. The number of nitrogens with one attached hydrogen (secondary N) is 1. The van der Waals surface area contributed by atoms with Gasteiger partial charge in [-0.1, -0.05) is 16.8 Å². The van der Waals surface area contributed by atoms with Gasteiger partial charge >= 0.3 is 0 Å². The van der Waals surface area contributed by atoms with Gasteiger partial charge in [-0.2, -0.15) is 4.98 Å². The van der Waals surface area contributed by atoms with E-state index < -0.39 is 0 Å². The number of aromatic nitrogens is 2. The fraction of sp³-hybridized carbons (Fsp3) is 0.591. The van der Waals surface area contributed by atoms with Gasteiger partial charge in [0.15, 0.2) is 5.96 Å². The van der Waals surface area contributed by atoms with E-state index in [0.29, 0.717) is 35.8 Å². The minimum Gasteiger partial charge on any atom is -0.385 e. The molecular weight excluding hydrogens is 418 g/mol. The second kappa shape index (κ2) is 12.6. The van der Waals surface area contributed by atoms with Crippen molar-refractivity contribution in [3.63, 3.8) is 0 Å². The molecule has 1 N–H and O–H groups in total. The summed E-state index contributed by atoms with van der Waals surface area (Å²) in [6.45, 7) is 6.86. The Kier molecular flexibility index (Phi) is 9.58. The number of piperidine rings is 1. The first-order chi connectivity index (χ1) is 15.2. The average Bonchev–Trinajstić information content (AvgIpc) is 3.26. The first kappa shape index (κ1) is 23.5. The highest BCUT2D eigenvalue weighted by Crippen LogP contribution is 2.19. The van der Waals surface area contributed by atoms with Crippen molar-refractivity contribution in [2.75, 3.05) is 46.5 Å². The lowest BCUT2D eigenvalue weighted by atomic mass is 10.1. The summed E-state index contributed by atoms with van der Waals surface area (Å²) in [5.74, 6) is 2.07. The standard InChI is InChI=1S/C22H32ClN5O3/c1-3-24-22(28-13-10-19(11-14-28)30-16-4-15-29-2)25-12-9-20-26-21(27-31-20)17-5-7-18(23)8-6-17/h5-8,19H,3-4,9-16H2,1-2H3,(H,24,25). The number of guanidine groups is 1. The van der Waals surface area contributed by atoms with Crippen molar-refractivity contribution >= 4 is 17.6 Å². The number of likely N-dealkylation sites (tertiary alicyclic amines) is 1. The van der Waals surface area contributed by atoms with Crippen molar-refractivity contribution in [3.05, 3.63) is 35.2 Å². The van der Waals surface area contributed by atoms with Crippen LogP contribution in [0.15, 0.2) is 33.8 Å². The summed E-state index contributed by atoms with van der Waals surface area (Å²) >= 11 is 5.93. The molecule has 2 aromatic rings. The number of benzene rings is 1. The first-order valence-electron chi connectivity index (χ1n) is 10.9. The summed E-state index contributed by atoms with van der Waals surface area (Å²) in [6.07, 6.45) is 3.86. The Bertz CT molecular complexity index is 804. The Balaban J connectivity index is 1.47. The van der Waals surface area contributed by atoms with E-state index in [1.165, 1.54) is 0 Å². The van der Waals surface area contributed by atoms with E-state index in [2.05, 4.69) is 27.3 Å². The predicted octanol–water partition coefficient (Wildman–Crippen LogP) is 3.42. The summed E-state index contributed by atoms with van der Waals surface area (Å²) in [6, 6.07) is 7.38. The van der Waals surface area contributed by atoms with Crippen LogP contribution >= 0.6 is 11.6 Å². The Labute approximate surface area is 189 Å². The maximum atomic E-state index is 5.96. The molecule has 0 bridgehead atoms. The summed E-state index contributed by atoms with van der Waals surface area (Å²) in [7, 11) is 1.72. The van der Waals surface area contributed by atoms with Gasteiger partial charge in [0, 0.05) is 57.0 Å². The molecule has 1 aromatic heterocycles. The zero-order valence-corrected chi connectivity index (χ0v) is 19.1. The molecule has 0 saturated carbocycles. The van der Waals surface area contributed by atoms with Gasteiger partial charge in [0.05, 0.1) is 12.6 Å². The Hall–Kier alpha value is -2.16. The summed E-state index contributed by atoms with van der Waals surface area (Å²) in [4.78, 5) is 11.5. The van der Waals surface area contributed by atoms with Crippen LogP contribution in [-0.2, 0) is 15.9 Å². The normalized spacial score (nSPS) is 15.5. The lowest BCUT2D eigenvalue weighted by Gasteiger charge is -2.34. The van der Waals surface area contributed by atoms with Crippen molar-refractivity contribution in [2.45, 2.75) is 38.7 Å². The molecule has 1 aromatic carbocycles. The van der Waals surface area contributed by atoms with Gasteiger partial charge in [-0.25, -0.2) is 0 Å². The van der Waals surface area contributed by atoms with Gasteiger partial charge in [-0.15, -0.1) is 0 Å². The minimum absolute atomic E-state index is 0.320. The Morgan fingerprint density at radius 2 is 2.03 bits per heavy atom. The second-order valence-electron chi connectivity index (χ2n) is 7.41. The van der Waals surface area contributed by atoms with Crippen LogP contribution in [-0.4, -0.2) is 73.6 Å². The summed E-state index contributed by atoms with van der Waals surface area (Å²) in [5, 5.41) is 8.13. The van der Waals surface area contributed by atoms with Crippen LogP contribution in [0.2, 0.25) is 5.02 Å². The fourth-order valence-electron chi connectivity index (χ4n) is 3.44. The van der Waals surface area contributed by atoms with Crippen molar-refractivity contribution < 1.29 is 14.0 Å². The Morgan fingerprint density at radius 3 is 2.74 bits per heavy atom. The molecule has 31 heavy (non-hydrogen) atoms. The molecule has 3 rings (SSSR count). The molecule has 170 valence electrons. The maximum Gasteiger partial charge on any atom is 0.228 e. The number of methoxy groups -OCH3 is 1. The molecule has 0 amide bonds. The number of rotatable bonds is 10. The van der Waals surface area contributed by atoms with Crippen molar-refractivity contribution in [1.82, 2.24) is 20.4 Å². The first-order valence-corrected chi connectivity index (χ1v) is 11.3. The Morgan fingerprint density at radius 1 is 1.26 bits per heavy atom. The molecule has 2 heterocycles. The number of hydrogen-bond acceptors (Lipinski definition) is 6. The van der Waals surface area contributed by atoms with E-state index in [9.17, 15) is 0 Å². The smallest absolute Gasteiger partial charge is 0.228 e. The number of nitrogens with zero attached hydrogens (tertiary/aromatic N) is 4. The zero-order chi connectivity index (χ0) is 21.9. The molecule has 1 aliphatic rings. The van der Waals surface area contributed by atoms with Gasteiger partial charge in [0.2, 0.25) is 11.7 Å². The largest absolute Gasteiger partial charge is 0.385 e. The highest BCUT2D eigenvalue weighted by Gasteiger charge is 2.21. The molecule has 0 radical (unpaired) electrons. The predicted molar refractivity (Wildman–Crippen MR) is 121 cm³/mol. The van der Waals surface area contributed by atoms with Gasteiger partial charge in [0.1, 0.15) is 0 Å². The molecule has 1 saturated heterocycles. The van der Waals surface area contributed by atoms with Crippen LogP contribution in [0.3, 0.4) is 0 Å². The highest BCUT2D eigenvalue weighted by atomic mass is 35.5. The molecular formula is C22H32ClN5O3. The van der Waals surface area contributed by atoms with E-state index in [1.54, 1.807) is 7.11 Å². The van der Waals surface area contributed by atoms with Crippen LogP contribution in [0, 0.1) is 0 Å². The van der Waals surface area contributed by atoms with Crippen LogP contribution in [0.4, 0.5) is 0 Å². The third kappa shape index (κ3) is 7.48.